The zero-order valence-corrected chi connectivity index (χ0v) is 8.23. The van der Waals surface area contributed by atoms with Gasteiger partial charge in [0.1, 0.15) is 5.82 Å². The number of rotatable bonds is 1. The Morgan fingerprint density at radius 3 is 2.36 bits per heavy atom. The van der Waals surface area contributed by atoms with E-state index >= 15 is 0 Å². The van der Waals surface area contributed by atoms with Crippen molar-refractivity contribution in [3.05, 3.63) is 36.0 Å². The third-order valence-electron chi connectivity index (χ3n) is 2.26. The normalized spacial score (nSPS) is 10.4. The molecular formula is C11H12N2O. The highest BCUT2D eigenvalue weighted by Gasteiger charge is 2.10. The van der Waals surface area contributed by atoms with E-state index in [0.29, 0.717) is 5.69 Å². The van der Waals surface area contributed by atoms with Crippen molar-refractivity contribution in [1.82, 2.24) is 9.55 Å². The molecule has 0 atom stereocenters. The SMILES string of the molecule is Cc1nc(-c2ccccc2)n(C)c1O. The van der Waals surface area contributed by atoms with Crippen molar-refractivity contribution in [3.8, 4) is 17.3 Å². The second-order valence-electron chi connectivity index (χ2n) is 3.27. The van der Waals surface area contributed by atoms with Crippen LogP contribution in [0.3, 0.4) is 0 Å². The Morgan fingerprint density at radius 2 is 1.86 bits per heavy atom. The van der Waals surface area contributed by atoms with Gasteiger partial charge < -0.3 is 5.11 Å². The van der Waals surface area contributed by atoms with Crippen LogP contribution < -0.4 is 0 Å². The number of aromatic nitrogens is 2. The van der Waals surface area contributed by atoms with Gasteiger partial charge in [-0.1, -0.05) is 30.3 Å². The monoisotopic (exact) mass is 188 g/mol. The Labute approximate surface area is 82.7 Å². The number of hydrogen-bond donors (Lipinski definition) is 1. The summed E-state index contributed by atoms with van der Waals surface area (Å²) in [4.78, 5) is 4.29. The molecule has 0 aliphatic heterocycles. The van der Waals surface area contributed by atoms with Crippen LogP contribution in [0.5, 0.6) is 5.88 Å². The van der Waals surface area contributed by atoms with E-state index in [1.807, 2.05) is 30.3 Å². The maximum atomic E-state index is 9.59. The highest BCUT2D eigenvalue weighted by Crippen LogP contribution is 2.24. The van der Waals surface area contributed by atoms with E-state index < -0.39 is 0 Å². The van der Waals surface area contributed by atoms with Gasteiger partial charge in [-0.3, -0.25) is 4.57 Å². The lowest BCUT2D eigenvalue weighted by molar-refractivity contribution is 0.429. The number of benzene rings is 1. The van der Waals surface area contributed by atoms with Gasteiger partial charge >= 0.3 is 0 Å². The zero-order valence-electron chi connectivity index (χ0n) is 8.23. The molecule has 0 amide bonds. The van der Waals surface area contributed by atoms with E-state index in [1.165, 1.54) is 0 Å². The predicted molar refractivity (Wildman–Crippen MR) is 55.0 cm³/mol. The molecule has 72 valence electrons. The summed E-state index contributed by atoms with van der Waals surface area (Å²) in [7, 11) is 1.80. The van der Waals surface area contributed by atoms with Crippen LogP contribution in [0.2, 0.25) is 0 Å². The highest BCUT2D eigenvalue weighted by atomic mass is 16.3. The van der Waals surface area contributed by atoms with Crippen LogP contribution in [0, 0.1) is 6.92 Å². The van der Waals surface area contributed by atoms with Crippen molar-refractivity contribution in [1.29, 1.82) is 0 Å². The Bertz CT molecular complexity index is 446. The van der Waals surface area contributed by atoms with Gasteiger partial charge in [0, 0.05) is 12.6 Å². The Kier molecular flexibility index (Phi) is 2.00. The van der Waals surface area contributed by atoms with Crippen molar-refractivity contribution in [2.24, 2.45) is 7.05 Å². The Morgan fingerprint density at radius 1 is 1.21 bits per heavy atom. The number of nitrogens with zero attached hydrogens (tertiary/aromatic N) is 2. The van der Waals surface area contributed by atoms with E-state index in [9.17, 15) is 5.11 Å². The van der Waals surface area contributed by atoms with E-state index in [2.05, 4.69) is 4.98 Å². The zero-order chi connectivity index (χ0) is 10.1. The first-order valence-electron chi connectivity index (χ1n) is 4.48. The summed E-state index contributed by atoms with van der Waals surface area (Å²) in [6, 6.07) is 9.81. The maximum absolute atomic E-state index is 9.59. The smallest absolute Gasteiger partial charge is 0.214 e. The molecule has 2 rings (SSSR count). The van der Waals surface area contributed by atoms with Gasteiger partial charge in [0.2, 0.25) is 5.88 Å². The van der Waals surface area contributed by atoms with Gasteiger partial charge in [0.15, 0.2) is 0 Å². The molecule has 2 aromatic rings. The highest BCUT2D eigenvalue weighted by molar-refractivity contribution is 5.57. The molecule has 1 N–H and O–H groups in total. The lowest BCUT2D eigenvalue weighted by Gasteiger charge is -2.01. The van der Waals surface area contributed by atoms with E-state index in [1.54, 1.807) is 18.5 Å². The van der Waals surface area contributed by atoms with E-state index in [-0.39, 0.29) is 5.88 Å². The molecule has 0 radical (unpaired) electrons. The average Bonchev–Trinajstić information content (AvgIpc) is 2.47. The van der Waals surface area contributed by atoms with E-state index in [0.717, 1.165) is 11.4 Å². The largest absolute Gasteiger partial charge is 0.493 e. The molecule has 0 aliphatic rings. The topological polar surface area (TPSA) is 38.0 Å². The third-order valence-corrected chi connectivity index (χ3v) is 2.26. The first-order valence-corrected chi connectivity index (χ1v) is 4.48. The molecule has 0 bridgehead atoms. The summed E-state index contributed by atoms with van der Waals surface area (Å²) in [5.41, 5.74) is 1.67. The van der Waals surface area contributed by atoms with E-state index in [4.69, 9.17) is 0 Å². The Hall–Kier alpha value is -1.77. The van der Waals surface area contributed by atoms with Crippen molar-refractivity contribution in [2.75, 3.05) is 0 Å². The maximum Gasteiger partial charge on any atom is 0.214 e. The lowest BCUT2D eigenvalue weighted by atomic mass is 10.2. The molecule has 14 heavy (non-hydrogen) atoms. The molecule has 0 fully saturated rings. The molecule has 1 heterocycles. The molecule has 3 heteroatoms. The van der Waals surface area contributed by atoms with Crippen LogP contribution in [0.15, 0.2) is 30.3 Å². The van der Waals surface area contributed by atoms with Crippen molar-refractivity contribution in [3.63, 3.8) is 0 Å². The molecule has 0 saturated carbocycles. The average molecular weight is 188 g/mol. The summed E-state index contributed by atoms with van der Waals surface area (Å²) >= 11 is 0. The first-order chi connectivity index (χ1) is 6.70. The fraction of sp³-hybridized carbons (Fsp3) is 0.182. The second-order valence-corrected chi connectivity index (χ2v) is 3.27. The third kappa shape index (κ3) is 1.27. The molecule has 0 saturated heterocycles. The standard InChI is InChI=1S/C11H12N2O/c1-8-11(14)13(2)10(12-8)9-6-4-3-5-7-9/h3-7,14H,1-2H3. The minimum atomic E-state index is 0.226. The summed E-state index contributed by atoms with van der Waals surface area (Å²) < 4.78 is 1.69. The van der Waals surface area contributed by atoms with Crippen molar-refractivity contribution >= 4 is 0 Å². The van der Waals surface area contributed by atoms with Crippen LogP contribution in [-0.4, -0.2) is 14.7 Å². The lowest BCUT2D eigenvalue weighted by Crippen LogP contribution is -1.91. The predicted octanol–water partition coefficient (Wildman–Crippen LogP) is 2.10. The summed E-state index contributed by atoms with van der Waals surface area (Å²) in [5, 5.41) is 9.59. The van der Waals surface area contributed by atoms with Crippen molar-refractivity contribution in [2.45, 2.75) is 6.92 Å². The van der Waals surface area contributed by atoms with Crippen molar-refractivity contribution < 1.29 is 5.11 Å². The number of aryl methyl sites for hydroxylation is 1. The molecule has 0 aliphatic carbocycles. The molecule has 0 unspecified atom stereocenters. The minimum absolute atomic E-state index is 0.226. The minimum Gasteiger partial charge on any atom is -0.493 e. The fourth-order valence-electron chi connectivity index (χ4n) is 1.47. The second kappa shape index (κ2) is 3.18. The van der Waals surface area contributed by atoms with Gasteiger partial charge in [-0.15, -0.1) is 0 Å². The molecule has 1 aromatic heterocycles. The fourth-order valence-corrected chi connectivity index (χ4v) is 1.47. The molecular weight excluding hydrogens is 176 g/mol. The van der Waals surface area contributed by atoms with Gasteiger partial charge in [0.25, 0.3) is 0 Å². The van der Waals surface area contributed by atoms with Crippen LogP contribution in [0.25, 0.3) is 11.4 Å². The molecule has 0 spiro atoms. The van der Waals surface area contributed by atoms with Gasteiger partial charge in [-0.25, -0.2) is 4.98 Å². The summed E-state index contributed by atoms with van der Waals surface area (Å²) in [6.45, 7) is 1.79. The van der Waals surface area contributed by atoms with Gasteiger partial charge in [-0.05, 0) is 6.92 Å². The van der Waals surface area contributed by atoms with Gasteiger partial charge in [-0.2, -0.15) is 0 Å². The molecule has 3 nitrogen and oxygen atoms in total. The number of aromatic hydroxyl groups is 1. The first kappa shape index (κ1) is 8.81. The quantitative estimate of drug-likeness (QED) is 0.744. The Balaban J connectivity index is 2.58. The number of imidazole rings is 1. The summed E-state index contributed by atoms with van der Waals surface area (Å²) in [6.07, 6.45) is 0. The van der Waals surface area contributed by atoms with Crippen LogP contribution >= 0.6 is 0 Å². The van der Waals surface area contributed by atoms with Crippen LogP contribution in [-0.2, 0) is 7.05 Å². The summed E-state index contributed by atoms with van der Waals surface area (Å²) in [5.74, 6) is 1.02. The van der Waals surface area contributed by atoms with Crippen LogP contribution in [0.4, 0.5) is 0 Å². The number of hydrogen-bond acceptors (Lipinski definition) is 2. The van der Waals surface area contributed by atoms with Crippen LogP contribution in [0.1, 0.15) is 5.69 Å². The molecule has 1 aromatic carbocycles. The van der Waals surface area contributed by atoms with Gasteiger partial charge in [0.05, 0.1) is 5.69 Å².